The summed E-state index contributed by atoms with van der Waals surface area (Å²) in [4.78, 5) is 13.9. The Morgan fingerprint density at radius 2 is 2.07 bits per heavy atom. The molecule has 1 aliphatic rings. The van der Waals surface area contributed by atoms with E-state index in [0.717, 1.165) is 6.54 Å². The van der Waals surface area contributed by atoms with Gasteiger partial charge in [-0.2, -0.15) is 0 Å². The lowest BCUT2D eigenvalue weighted by Crippen LogP contribution is -2.53. The van der Waals surface area contributed by atoms with Crippen molar-refractivity contribution in [2.45, 2.75) is 45.9 Å². The SMILES string of the molecule is CC(C)OC(=O)[C@H]1COCCN1C(C)C. The number of carbonyl (C=O) groups excluding carboxylic acids is 1. The standard InChI is InChI=1S/C11H21NO3/c1-8(2)12-5-6-14-7-10(12)11(13)15-9(3)4/h8-10H,5-7H2,1-4H3/t10-/m1/s1. The van der Waals surface area contributed by atoms with E-state index >= 15 is 0 Å². The molecule has 0 amide bonds. The molecule has 1 rings (SSSR count). The van der Waals surface area contributed by atoms with Gasteiger partial charge in [-0.15, -0.1) is 0 Å². The highest BCUT2D eigenvalue weighted by Crippen LogP contribution is 2.13. The van der Waals surface area contributed by atoms with E-state index in [1.807, 2.05) is 13.8 Å². The minimum absolute atomic E-state index is 0.0616. The molecule has 0 spiro atoms. The van der Waals surface area contributed by atoms with Crippen LogP contribution in [0, 0.1) is 0 Å². The van der Waals surface area contributed by atoms with Gasteiger partial charge >= 0.3 is 5.97 Å². The van der Waals surface area contributed by atoms with E-state index in [1.54, 1.807) is 0 Å². The first-order valence-corrected chi connectivity index (χ1v) is 5.56. The Labute approximate surface area is 91.5 Å². The van der Waals surface area contributed by atoms with Crippen LogP contribution < -0.4 is 0 Å². The maximum Gasteiger partial charge on any atom is 0.326 e. The number of hydrogen-bond acceptors (Lipinski definition) is 4. The van der Waals surface area contributed by atoms with E-state index in [2.05, 4.69) is 18.7 Å². The van der Waals surface area contributed by atoms with Crippen LogP contribution in [-0.4, -0.2) is 48.8 Å². The van der Waals surface area contributed by atoms with E-state index in [0.29, 0.717) is 19.3 Å². The van der Waals surface area contributed by atoms with E-state index in [9.17, 15) is 4.79 Å². The van der Waals surface area contributed by atoms with E-state index in [-0.39, 0.29) is 18.1 Å². The lowest BCUT2D eigenvalue weighted by molar-refractivity contribution is -0.161. The Morgan fingerprint density at radius 3 is 2.60 bits per heavy atom. The molecule has 4 heteroatoms. The van der Waals surface area contributed by atoms with Gasteiger partial charge in [0.1, 0.15) is 6.04 Å². The largest absolute Gasteiger partial charge is 0.462 e. The average molecular weight is 215 g/mol. The molecular formula is C11H21NO3. The van der Waals surface area contributed by atoms with Gasteiger partial charge in [0.2, 0.25) is 0 Å². The molecule has 0 aliphatic carbocycles. The Hall–Kier alpha value is -0.610. The average Bonchev–Trinajstić information content (AvgIpc) is 2.16. The summed E-state index contributed by atoms with van der Waals surface area (Å²) in [7, 11) is 0. The van der Waals surface area contributed by atoms with Gasteiger partial charge in [-0.05, 0) is 27.7 Å². The first-order valence-electron chi connectivity index (χ1n) is 5.56. The minimum atomic E-state index is -0.235. The molecule has 1 atom stereocenters. The van der Waals surface area contributed by atoms with Crippen molar-refractivity contribution in [3.63, 3.8) is 0 Å². The number of morpholine rings is 1. The van der Waals surface area contributed by atoms with Crippen molar-refractivity contribution in [2.24, 2.45) is 0 Å². The third-order valence-corrected chi connectivity index (χ3v) is 2.46. The second-order valence-electron chi connectivity index (χ2n) is 4.41. The molecular weight excluding hydrogens is 194 g/mol. The van der Waals surface area contributed by atoms with Gasteiger partial charge in [0.15, 0.2) is 0 Å². The zero-order valence-corrected chi connectivity index (χ0v) is 10.0. The fourth-order valence-corrected chi connectivity index (χ4v) is 1.75. The van der Waals surface area contributed by atoms with Gasteiger partial charge in [0.25, 0.3) is 0 Å². The van der Waals surface area contributed by atoms with Crippen molar-refractivity contribution in [2.75, 3.05) is 19.8 Å². The van der Waals surface area contributed by atoms with Gasteiger partial charge < -0.3 is 9.47 Å². The maximum atomic E-state index is 11.8. The summed E-state index contributed by atoms with van der Waals surface area (Å²) < 4.78 is 10.5. The lowest BCUT2D eigenvalue weighted by Gasteiger charge is -2.36. The van der Waals surface area contributed by atoms with Gasteiger partial charge in [0, 0.05) is 12.6 Å². The summed E-state index contributed by atoms with van der Waals surface area (Å²) in [6.45, 7) is 9.84. The Balaban J connectivity index is 2.59. The summed E-state index contributed by atoms with van der Waals surface area (Å²) in [5.41, 5.74) is 0. The molecule has 88 valence electrons. The molecule has 0 aromatic heterocycles. The quantitative estimate of drug-likeness (QED) is 0.660. The van der Waals surface area contributed by atoms with Crippen molar-refractivity contribution >= 4 is 5.97 Å². The Kier molecular flexibility index (Phi) is 4.54. The molecule has 0 bridgehead atoms. The molecule has 0 aromatic carbocycles. The van der Waals surface area contributed by atoms with Gasteiger partial charge in [-0.25, -0.2) is 0 Å². The van der Waals surface area contributed by atoms with Crippen molar-refractivity contribution < 1.29 is 14.3 Å². The minimum Gasteiger partial charge on any atom is -0.462 e. The zero-order chi connectivity index (χ0) is 11.4. The normalized spacial score (nSPS) is 23.5. The smallest absolute Gasteiger partial charge is 0.326 e. The van der Waals surface area contributed by atoms with Crippen LogP contribution in [-0.2, 0) is 14.3 Å². The summed E-state index contributed by atoms with van der Waals surface area (Å²) >= 11 is 0. The van der Waals surface area contributed by atoms with Crippen LogP contribution in [0.3, 0.4) is 0 Å². The number of rotatable bonds is 3. The monoisotopic (exact) mass is 215 g/mol. The molecule has 1 aliphatic heterocycles. The molecule has 15 heavy (non-hydrogen) atoms. The maximum absolute atomic E-state index is 11.8. The van der Waals surface area contributed by atoms with Gasteiger partial charge in [-0.1, -0.05) is 0 Å². The van der Waals surface area contributed by atoms with Crippen molar-refractivity contribution in [1.82, 2.24) is 4.90 Å². The van der Waals surface area contributed by atoms with Crippen LogP contribution in [0.1, 0.15) is 27.7 Å². The first-order chi connectivity index (χ1) is 7.02. The van der Waals surface area contributed by atoms with Crippen LogP contribution in [0.4, 0.5) is 0 Å². The Bertz CT molecular complexity index is 216. The van der Waals surface area contributed by atoms with Crippen LogP contribution in [0.15, 0.2) is 0 Å². The summed E-state index contributed by atoms with van der Waals surface area (Å²) in [5.74, 6) is -0.168. The van der Waals surface area contributed by atoms with E-state index in [1.165, 1.54) is 0 Å². The predicted octanol–water partition coefficient (Wildman–Crippen LogP) is 1.05. The molecule has 1 saturated heterocycles. The van der Waals surface area contributed by atoms with Crippen LogP contribution in [0.5, 0.6) is 0 Å². The number of carbonyl (C=O) groups is 1. The molecule has 4 nitrogen and oxygen atoms in total. The molecule has 0 aromatic rings. The van der Waals surface area contributed by atoms with Crippen LogP contribution in [0.2, 0.25) is 0 Å². The number of hydrogen-bond donors (Lipinski definition) is 0. The van der Waals surface area contributed by atoms with Crippen molar-refractivity contribution in [1.29, 1.82) is 0 Å². The summed E-state index contributed by atoms with van der Waals surface area (Å²) in [6, 6.07) is 0.111. The fraction of sp³-hybridized carbons (Fsp3) is 0.909. The molecule has 0 saturated carbocycles. The fourth-order valence-electron chi connectivity index (χ4n) is 1.75. The van der Waals surface area contributed by atoms with Crippen LogP contribution in [0.25, 0.3) is 0 Å². The second-order valence-corrected chi connectivity index (χ2v) is 4.41. The zero-order valence-electron chi connectivity index (χ0n) is 10.0. The second kappa shape index (κ2) is 5.47. The van der Waals surface area contributed by atoms with Gasteiger partial charge in [-0.3, -0.25) is 9.69 Å². The molecule has 1 fully saturated rings. The van der Waals surface area contributed by atoms with Crippen LogP contribution >= 0.6 is 0 Å². The molecule has 0 radical (unpaired) electrons. The highest BCUT2D eigenvalue weighted by atomic mass is 16.5. The molecule has 0 N–H and O–H groups in total. The molecule has 0 unspecified atom stereocenters. The summed E-state index contributed by atoms with van der Waals surface area (Å²) in [5, 5.41) is 0. The molecule has 1 heterocycles. The third kappa shape index (κ3) is 3.47. The summed E-state index contributed by atoms with van der Waals surface area (Å²) in [6.07, 6.45) is -0.0616. The number of esters is 1. The Morgan fingerprint density at radius 1 is 1.40 bits per heavy atom. The van der Waals surface area contributed by atoms with E-state index in [4.69, 9.17) is 9.47 Å². The first kappa shape index (κ1) is 12.5. The van der Waals surface area contributed by atoms with Gasteiger partial charge in [0.05, 0.1) is 19.3 Å². The lowest BCUT2D eigenvalue weighted by atomic mass is 10.2. The van der Waals surface area contributed by atoms with Crippen molar-refractivity contribution in [3.05, 3.63) is 0 Å². The number of ether oxygens (including phenoxy) is 2. The van der Waals surface area contributed by atoms with E-state index < -0.39 is 0 Å². The number of nitrogens with zero attached hydrogens (tertiary/aromatic N) is 1. The predicted molar refractivity (Wildman–Crippen MR) is 57.7 cm³/mol. The highest BCUT2D eigenvalue weighted by molar-refractivity contribution is 5.76. The highest BCUT2D eigenvalue weighted by Gasteiger charge is 2.32. The third-order valence-electron chi connectivity index (χ3n) is 2.46. The van der Waals surface area contributed by atoms with Crippen molar-refractivity contribution in [3.8, 4) is 0 Å². The topological polar surface area (TPSA) is 38.8 Å².